The molecule has 0 aliphatic carbocycles. The highest BCUT2D eigenvalue weighted by Crippen LogP contribution is 2.39. The monoisotopic (exact) mass is 732 g/mol. The summed E-state index contributed by atoms with van der Waals surface area (Å²) in [6, 6.07) is 11.4. The summed E-state index contributed by atoms with van der Waals surface area (Å²) >= 11 is 2.71. The molecule has 16 heteroatoms. The molecule has 14 nitrogen and oxygen atoms in total. The van der Waals surface area contributed by atoms with E-state index in [2.05, 4.69) is 19.9 Å². The summed E-state index contributed by atoms with van der Waals surface area (Å²) in [7, 11) is 1.67. The fourth-order valence-corrected chi connectivity index (χ4v) is 7.66. The molecule has 52 heavy (non-hydrogen) atoms. The van der Waals surface area contributed by atoms with Crippen molar-refractivity contribution in [1.82, 2.24) is 49.0 Å². The number of fused-ring (bicyclic) bond motifs is 2. The van der Waals surface area contributed by atoms with Gasteiger partial charge in [0, 0.05) is 80.1 Å². The second kappa shape index (κ2) is 14.5. The van der Waals surface area contributed by atoms with Crippen LogP contribution >= 0.6 is 22.7 Å². The average molecular weight is 733 g/mol. The topological polar surface area (TPSA) is 172 Å². The van der Waals surface area contributed by atoms with Crippen molar-refractivity contribution in [2.75, 3.05) is 26.9 Å². The molecule has 0 saturated heterocycles. The van der Waals surface area contributed by atoms with Crippen molar-refractivity contribution in [3.05, 3.63) is 71.9 Å². The van der Waals surface area contributed by atoms with Crippen molar-refractivity contribution in [2.24, 2.45) is 0 Å². The Morgan fingerprint density at radius 1 is 0.673 bits per heavy atom. The molecule has 8 aromatic rings. The van der Waals surface area contributed by atoms with Crippen LogP contribution in [0.1, 0.15) is 13.3 Å². The first-order chi connectivity index (χ1) is 25.5. The molecule has 8 heterocycles. The Morgan fingerprint density at radius 3 is 2.10 bits per heavy atom. The number of aryl methyl sites for hydroxylation is 1. The fraction of sp³-hybridized carbons (Fsp3) is 0.222. The smallest absolute Gasteiger partial charge is 0.233 e. The molecule has 262 valence electrons. The molecular formula is C36H32N10O4S2. The molecule has 8 rings (SSSR count). The Balaban J connectivity index is 1.18. The molecule has 0 fully saturated rings. The summed E-state index contributed by atoms with van der Waals surface area (Å²) < 4.78 is 15.9. The van der Waals surface area contributed by atoms with Crippen LogP contribution in [0.2, 0.25) is 0 Å². The highest BCUT2D eigenvalue weighted by Gasteiger charge is 2.22. The quantitative estimate of drug-likeness (QED) is 0.120. The molecule has 0 aliphatic heterocycles. The molecule has 0 bridgehead atoms. The summed E-state index contributed by atoms with van der Waals surface area (Å²) in [5, 5.41) is 25.8. The third-order valence-corrected chi connectivity index (χ3v) is 10.3. The van der Waals surface area contributed by atoms with E-state index in [-0.39, 0.29) is 17.6 Å². The maximum absolute atomic E-state index is 11.0. The molecule has 0 unspecified atom stereocenters. The molecule has 0 amide bonds. The van der Waals surface area contributed by atoms with Gasteiger partial charge in [-0.1, -0.05) is 12.1 Å². The minimum Gasteiger partial charge on any atom is -0.492 e. The second-order valence-electron chi connectivity index (χ2n) is 11.6. The van der Waals surface area contributed by atoms with Gasteiger partial charge < -0.3 is 28.8 Å². The normalized spacial score (nSPS) is 11.7. The number of imidazole rings is 2. The zero-order valence-corrected chi connectivity index (χ0v) is 29.8. The zero-order chi connectivity index (χ0) is 35.6. The van der Waals surface area contributed by atoms with Crippen LogP contribution in [0.4, 0.5) is 0 Å². The van der Waals surface area contributed by atoms with Crippen molar-refractivity contribution in [3.8, 4) is 69.0 Å². The number of thiophene rings is 2. The van der Waals surface area contributed by atoms with Crippen LogP contribution in [0.25, 0.3) is 77.6 Å². The number of methoxy groups -OCH3 is 1. The summed E-state index contributed by atoms with van der Waals surface area (Å²) in [6.07, 6.45) is 7.96. The number of aromatic nitrogens is 10. The van der Waals surface area contributed by atoms with Gasteiger partial charge in [-0.3, -0.25) is 4.98 Å². The first-order valence-corrected chi connectivity index (χ1v) is 18.3. The van der Waals surface area contributed by atoms with Gasteiger partial charge >= 0.3 is 0 Å². The van der Waals surface area contributed by atoms with Crippen LogP contribution in [-0.4, -0.2) is 86.1 Å². The van der Waals surface area contributed by atoms with Crippen LogP contribution < -0.4 is 0 Å². The van der Waals surface area contributed by atoms with Crippen molar-refractivity contribution in [1.29, 1.82) is 0 Å². The van der Waals surface area contributed by atoms with Gasteiger partial charge in [0.25, 0.3) is 0 Å². The Morgan fingerprint density at radius 2 is 1.38 bits per heavy atom. The number of hydrogen-bond donors (Lipinski definition) is 2. The van der Waals surface area contributed by atoms with E-state index in [1.807, 2.05) is 75.6 Å². The first kappa shape index (κ1) is 33.5. The molecule has 0 radical (unpaired) electrons. The van der Waals surface area contributed by atoms with Crippen LogP contribution in [0.15, 0.2) is 71.9 Å². The maximum Gasteiger partial charge on any atom is 0.233 e. The fourth-order valence-electron chi connectivity index (χ4n) is 5.89. The van der Waals surface area contributed by atoms with Gasteiger partial charge in [-0.15, -0.1) is 22.7 Å². The van der Waals surface area contributed by atoms with Crippen LogP contribution in [-0.2, 0) is 22.6 Å². The van der Waals surface area contributed by atoms with Crippen LogP contribution in [0.3, 0.4) is 0 Å². The van der Waals surface area contributed by atoms with Gasteiger partial charge in [-0.25, -0.2) is 24.9 Å². The molecular weight excluding hydrogens is 701 g/mol. The number of ether oxygens (including phenoxy) is 2. The lowest BCUT2D eigenvalue weighted by molar-refractivity contribution is 0.139. The number of rotatable bonds is 13. The SMILES string of the molecule is CCOCCn1cc(-c2cccc(-c3csc4c(O)nc(-c5nccn5CCCOC)nc34)n2)nc1-c1nc(O)c2scc(-c3ccccn3)c2n1. The van der Waals surface area contributed by atoms with Gasteiger partial charge in [0.05, 0.1) is 34.7 Å². The number of pyridine rings is 2. The van der Waals surface area contributed by atoms with E-state index < -0.39 is 0 Å². The van der Waals surface area contributed by atoms with E-state index in [9.17, 15) is 10.2 Å². The minimum atomic E-state index is -0.125. The lowest BCUT2D eigenvalue weighted by Crippen LogP contribution is -2.07. The van der Waals surface area contributed by atoms with Crippen molar-refractivity contribution < 1.29 is 19.7 Å². The van der Waals surface area contributed by atoms with E-state index in [4.69, 9.17) is 29.4 Å². The molecule has 0 spiro atoms. The molecule has 0 aliphatic rings. The van der Waals surface area contributed by atoms with E-state index in [0.29, 0.717) is 87.9 Å². The van der Waals surface area contributed by atoms with E-state index in [0.717, 1.165) is 23.2 Å². The predicted octanol–water partition coefficient (Wildman–Crippen LogP) is 6.70. The van der Waals surface area contributed by atoms with Gasteiger partial charge in [-0.05, 0) is 37.6 Å². The predicted molar refractivity (Wildman–Crippen MR) is 199 cm³/mol. The summed E-state index contributed by atoms with van der Waals surface area (Å²) in [4.78, 5) is 37.6. The Hall–Kier alpha value is -5.68. The average Bonchev–Trinajstić information content (AvgIpc) is 3.98. The third-order valence-electron chi connectivity index (χ3n) is 8.34. The standard InChI is InChI=1S/C36H32N10O4S2/c1-3-50-17-15-46-18-26(40-34(46)32-42-27-21(23-8-4-5-11-37-23)19-51-29(27)36(48)44-32)25-10-6-9-24(39-25)22-20-52-30-28(22)41-31(43-35(30)47)33-38-12-14-45(33)13-7-16-49-2/h4-6,8-12,14,18-20H,3,7,13,15-17H2,1-2H3,(H,41,43,47)(H,42,44,48). The van der Waals surface area contributed by atoms with E-state index in [1.54, 1.807) is 19.5 Å². The molecule has 2 N–H and O–H groups in total. The third kappa shape index (κ3) is 6.36. The maximum atomic E-state index is 11.0. The van der Waals surface area contributed by atoms with E-state index in [1.165, 1.54) is 22.7 Å². The lowest BCUT2D eigenvalue weighted by Gasteiger charge is -2.08. The Labute approximate surface area is 305 Å². The van der Waals surface area contributed by atoms with Gasteiger partial charge in [-0.2, -0.15) is 9.97 Å². The number of hydrogen-bond acceptors (Lipinski definition) is 14. The Kier molecular flexibility index (Phi) is 9.34. The van der Waals surface area contributed by atoms with Crippen molar-refractivity contribution in [2.45, 2.75) is 26.4 Å². The minimum absolute atomic E-state index is 0.117. The molecule has 0 saturated carbocycles. The highest BCUT2D eigenvalue weighted by molar-refractivity contribution is 7.18. The summed E-state index contributed by atoms with van der Waals surface area (Å²) in [6.45, 7) is 4.70. The summed E-state index contributed by atoms with van der Waals surface area (Å²) in [5.41, 5.74) is 5.30. The van der Waals surface area contributed by atoms with Gasteiger partial charge in [0.15, 0.2) is 23.3 Å². The van der Waals surface area contributed by atoms with Gasteiger partial charge in [0.1, 0.15) is 15.1 Å². The first-order valence-electron chi connectivity index (χ1n) is 16.5. The number of nitrogens with zero attached hydrogens (tertiary/aromatic N) is 10. The molecule has 8 aromatic heterocycles. The highest BCUT2D eigenvalue weighted by atomic mass is 32.1. The molecule has 0 atom stereocenters. The van der Waals surface area contributed by atoms with E-state index >= 15 is 0 Å². The van der Waals surface area contributed by atoms with Crippen molar-refractivity contribution >= 4 is 43.1 Å². The number of aromatic hydroxyl groups is 2. The van der Waals surface area contributed by atoms with Crippen molar-refractivity contribution in [3.63, 3.8) is 0 Å². The Bertz CT molecular complexity index is 2510. The lowest BCUT2D eigenvalue weighted by atomic mass is 10.1. The second-order valence-corrected chi connectivity index (χ2v) is 13.4. The molecule has 0 aromatic carbocycles. The van der Waals surface area contributed by atoms with Crippen LogP contribution in [0, 0.1) is 0 Å². The van der Waals surface area contributed by atoms with Crippen LogP contribution in [0.5, 0.6) is 11.8 Å². The van der Waals surface area contributed by atoms with Gasteiger partial charge in [0.2, 0.25) is 11.8 Å². The zero-order valence-electron chi connectivity index (χ0n) is 28.2. The summed E-state index contributed by atoms with van der Waals surface area (Å²) in [5.74, 6) is 1.36. The largest absolute Gasteiger partial charge is 0.492 e.